The van der Waals surface area contributed by atoms with Gasteiger partial charge in [0, 0.05) is 51.6 Å². The van der Waals surface area contributed by atoms with Crippen LogP contribution in [0.15, 0.2) is 53.1 Å². The second kappa shape index (κ2) is 10.5. The summed E-state index contributed by atoms with van der Waals surface area (Å²) >= 11 is 0. The lowest BCUT2D eigenvalue weighted by molar-refractivity contribution is -0.139. The summed E-state index contributed by atoms with van der Waals surface area (Å²) in [5.74, 6) is -0.465. The molecule has 0 bridgehead atoms. The maximum atomic E-state index is 12.3. The molecule has 166 valence electrons. The first-order chi connectivity index (χ1) is 15.2. The Balaban J connectivity index is 1.30. The van der Waals surface area contributed by atoms with E-state index in [0.717, 1.165) is 51.4 Å². The summed E-state index contributed by atoms with van der Waals surface area (Å²) < 4.78 is 11.1. The Bertz CT molecular complexity index is 829. The first-order valence-corrected chi connectivity index (χ1v) is 11.0. The average molecular weight is 427 g/mol. The first kappa shape index (κ1) is 21.4. The van der Waals surface area contributed by atoms with Crippen molar-refractivity contribution in [1.29, 1.82) is 0 Å². The van der Waals surface area contributed by atoms with Crippen LogP contribution in [0.2, 0.25) is 0 Å². The largest absolute Gasteiger partial charge is 0.468 e. The summed E-state index contributed by atoms with van der Waals surface area (Å²) in [5, 5.41) is 5.45. The molecule has 2 atom stereocenters. The van der Waals surface area contributed by atoms with Crippen molar-refractivity contribution in [2.24, 2.45) is 0 Å². The quantitative estimate of drug-likeness (QED) is 0.654. The molecular formula is C23H30N4O4. The van der Waals surface area contributed by atoms with E-state index in [-0.39, 0.29) is 12.1 Å². The summed E-state index contributed by atoms with van der Waals surface area (Å²) in [7, 11) is 0. The van der Waals surface area contributed by atoms with Gasteiger partial charge < -0.3 is 24.7 Å². The highest BCUT2D eigenvalue weighted by molar-refractivity contribution is 6.35. The molecule has 2 N–H and O–H groups in total. The zero-order valence-corrected chi connectivity index (χ0v) is 17.7. The normalized spacial score (nSPS) is 20.4. The van der Waals surface area contributed by atoms with E-state index in [9.17, 15) is 9.59 Å². The zero-order valence-electron chi connectivity index (χ0n) is 17.7. The molecule has 2 saturated heterocycles. The van der Waals surface area contributed by atoms with Gasteiger partial charge in [-0.2, -0.15) is 0 Å². The van der Waals surface area contributed by atoms with Crippen molar-refractivity contribution in [3.8, 4) is 0 Å². The van der Waals surface area contributed by atoms with Crippen molar-refractivity contribution in [2.45, 2.75) is 25.0 Å². The molecule has 8 heteroatoms. The van der Waals surface area contributed by atoms with Crippen LogP contribution >= 0.6 is 0 Å². The van der Waals surface area contributed by atoms with Crippen LogP contribution in [0.4, 0.5) is 5.69 Å². The maximum Gasteiger partial charge on any atom is 0.309 e. The fourth-order valence-corrected chi connectivity index (χ4v) is 4.18. The molecule has 2 aliphatic heterocycles. The van der Waals surface area contributed by atoms with Crippen LogP contribution in [0.1, 0.15) is 24.6 Å². The van der Waals surface area contributed by atoms with Crippen molar-refractivity contribution in [3.05, 3.63) is 54.5 Å². The van der Waals surface area contributed by atoms with Crippen molar-refractivity contribution < 1.29 is 18.7 Å². The van der Waals surface area contributed by atoms with E-state index in [1.807, 2.05) is 30.3 Å². The smallest absolute Gasteiger partial charge is 0.309 e. The van der Waals surface area contributed by atoms with E-state index in [4.69, 9.17) is 9.15 Å². The second-order valence-electron chi connectivity index (χ2n) is 7.94. The molecule has 0 saturated carbocycles. The van der Waals surface area contributed by atoms with Crippen LogP contribution < -0.4 is 15.5 Å². The Morgan fingerprint density at radius 2 is 1.77 bits per heavy atom. The number of piperazine rings is 1. The Hall–Kier alpha value is -2.84. The van der Waals surface area contributed by atoms with Crippen LogP contribution in [0.5, 0.6) is 0 Å². The predicted molar refractivity (Wildman–Crippen MR) is 117 cm³/mol. The number of carbonyl (C=O) groups excluding carboxylic acids is 2. The zero-order chi connectivity index (χ0) is 21.5. The predicted octanol–water partition coefficient (Wildman–Crippen LogP) is 1.55. The van der Waals surface area contributed by atoms with Gasteiger partial charge in [0.05, 0.1) is 18.4 Å². The highest BCUT2D eigenvalue weighted by Gasteiger charge is 2.28. The molecule has 2 aliphatic rings. The number of furan rings is 1. The molecule has 3 heterocycles. The molecule has 2 fully saturated rings. The third-order valence-corrected chi connectivity index (χ3v) is 5.92. The van der Waals surface area contributed by atoms with Crippen LogP contribution in [0.3, 0.4) is 0 Å². The van der Waals surface area contributed by atoms with Crippen LogP contribution in [0.25, 0.3) is 0 Å². The molecule has 1 aromatic heterocycles. The number of carbonyl (C=O) groups is 2. The van der Waals surface area contributed by atoms with Gasteiger partial charge in [-0.25, -0.2) is 0 Å². The minimum absolute atomic E-state index is 0.00790. The molecule has 0 radical (unpaired) electrons. The molecule has 1 aromatic carbocycles. The van der Waals surface area contributed by atoms with E-state index >= 15 is 0 Å². The standard InChI is InChI=1S/C23H30N4O4/c28-22(24-16-19-8-4-14-30-19)23(29)25-17-20(21-9-5-15-31-21)27-12-10-26(11-13-27)18-6-2-1-3-7-18/h1-3,5-7,9,15,19-20H,4,8,10-14,16-17H2,(H,24,28)(H,25,29)/t19-,20-/m0/s1. The Morgan fingerprint density at radius 3 is 2.45 bits per heavy atom. The topological polar surface area (TPSA) is 87.0 Å². The highest BCUT2D eigenvalue weighted by atomic mass is 16.5. The second-order valence-corrected chi connectivity index (χ2v) is 7.94. The number of anilines is 1. The van der Waals surface area contributed by atoms with E-state index in [1.165, 1.54) is 5.69 Å². The molecule has 0 spiro atoms. The molecule has 4 rings (SSSR count). The van der Waals surface area contributed by atoms with E-state index < -0.39 is 11.8 Å². The molecule has 0 unspecified atom stereocenters. The van der Waals surface area contributed by atoms with Crippen molar-refractivity contribution >= 4 is 17.5 Å². The number of amides is 2. The van der Waals surface area contributed by atoms with Gasteiger partial charge in [-0.1, -0.05) is 18.2 Å². The number of rotatable bonds is 7. The fraction of sp³-hybridized carbons (Fsp3) is 0.478. The SMILES string of the molecule is O=C(NC[C@@H]1CCCO1)C(=O)NC[C@@H](c1ccco1)N1CCN(c2ccccc2)CC1. The maximum absolute atomic E-state index is 12.3. The Labute approximate surface area is 182 Å². The molecule has 2 aromatic rings. The van der Waals surface area contributed by atoms with Gasteiger partial charge >= 0.3 is 11.8 Å². The van der Waals surface area contributed by atoms with Gasteiger partial charge in [-0.15, -0.1) is 0 Å². The summed E-state index contributed by atoms with van der Waals surface area (Å²) in [6, 6.07) is 14.0. The number of hydrogen-bond donors (Lipinski definition) is 2. The van der Waals surface area contributed by atoms with E-state index in [1.54, 1.807) is 6.26 Å². The Kier molecular flexibility index (Phi) is 7.22. The number of ether oxygens (including phenoxy) is 1. The van der Waals surface area contributed by atoms with Gasteiger partial charge in [0.15, 0.2) is 0 Å². The van der Waals surface area contributed by atoms with Gasteiger partial charge in [-0.3, -0.25) is 14.5 Å². The minimum Gasteiger partial charge on any atom is -0.468 e. The molecule has 31 heavy (non-hydrogen) atoms. The van der Waals surface area contributed by atoms with Crippen LogP contribution in [-0.4, -0.2) is 68.7 Å². The number of nitrogens with one attached hydrogen (secondary N) is 2. The lowest BCUT2D eigenvalue weighted by Gasteiger charge is -2.39. The lowest BCUT2D eigenvalue weighted by atomic mass is 10.1. The molecule has 0 aliphatic carbocycles. The van der Waals surface area contributed by atoms with Gasteiger partial charge in [0.25, 0.3) is 0 Å². The van der Waals surface area contributed by atoms with Gasteiger partial charge in [-0.05, 0) is 37.1 Å². The number of hydrogen-bond acceptors (Lipinski definition) is 6. The fourth-order valence-electron chi connectivity index (χ4n) is 4.18. The third kappa shape index (κ3) is 5.65. The van der Waals surface area contributed by atoms with E-state index in [0.29, 0.717) is 13.1 Å². The van der Waals surface area contributed by atoms with Crippen molar-refractivity contribution in [2.75, 3.05) is 50.8 Å². The lowest BCUT2D eigenvalue weighted by Crippen LogP contribution is -2.51. The van der Waals surface area contributed by atoms with Crippen LogP contribution in [-0.2, 0) is 14.3 Å². The number of nitrogens with zero attached hydrogens (tertiary/aromatic N) is 2. The minimum atomic E-state index is -0.627. The molecular weight excluding hydrogens is 396 g/mol. The Morgan fingerprint density at radius 1 is 1.00 bits per heavy atom. The van der Waals surface area contributed by atoms with Gasteiger partial charge in [0.1, 0.15) is 5.76 Å². The summed E-state index contributed by atoms with van der Waals surface area (Å²) in [6.45, 7) is 4.84. The van der Waals surface area contributed by atoms with Gasteiger partial charge in [0.2, 0.25) is 0 Å². The van der Waals surface area contributed by atoms with Crippen molar-refractivity contribution in [1.82, 2.24) is 15.5 Å². The molecule has 8 nitrogen and oxygen atoms in total. The number of benzene rings is 1. The monoisotopic (exact) mass is 426 g/mol. The highest BCUT2D eigenvalue weighted by Crippen LogP contribution is 2.24. The van der Waals surface area contributed by atoms with Crippen molar-refractivity contribution in [3.63, 3.8) is 0 Å². The third-order valence-electron chi connectivity index (χ3n) is 5.92. The summed E-state index contributed by atoms with van der Waals surface area (Å²) in [4.78, 5) is 29.1. The molecule has 2 amide bonds. The summed E-state index contributed by atoms with van der Waals surface area (Å²) in [5.41, 5.74) is 1.22. The van der Waals surface area contributed by atoms with Crippen LogP contribution in [0, 0.1) is 0 Å². The van der Waals surface area contributed by atoms with E-state index in [2.05, 4.69) is 32.6 Å². The number of para-hydroxylation sites is 1. The first-order valence-electron chi connectivity index (χ1n) is 11.0. The average Bonchev–Trinajstić information content (AvgIpc) is 3.53. The summed E-state index contributed by atoms with van der Waals surface area (Å²) in [6.07, 6.45) is 3.55.